The number of benzene rings is 1. The van der Waals surface area contributed by atoms with Crippen molar-refractivity contribution in [3.63, 3.8) is 0 Å². The zero-order valence-electron chi connectivity index (χ0n) is 11.1. The van der Waals surface area contributed by atoms with Gasteiger partial charge in [0.1, 0.15) is 5.75 Å². The van der Waals surface area contributed by atoms with Crippen molar-refractivity contribution in [1.82, 2.24) is 10.6 Å². The quantitative estimate of drug-likeness (QED) is 0.891. The average Bonchev–Trinajstić information content (AvgIpc) is 2.34. The summed E-state index contributed by atoms with van der Waals surface area (Å²) < 4.78 is 5.44. The van der Waals surface area contributed by atoms with Crippen molar-refractivity contribution in [2.24, 2.45) is 0 Å². The fourth-order valence-corrected chi connectivity index (χ4v) is 1.48. The van der Waals surface area contributed by atoms with Gasteiger partial charge in [-0.05, 0) is 44.5 Å². The van der Waals surface area contributed by atoms with Crippen LogP contribution < -0.4 is 15.4 Å². The second kappa shape index (κ2) is 6.99. The van der Waals surface area contributed by atoms with Gasteiger partial charge in [0.2, 0.25) is 0 Å². The highest BCUT2D eigenvalue weighted by Crippen LogP contribution is 2.21. The summed E-state index contributed by atoms with van der Waals surface area (Å²) in [4.78, 5) is 22.9. The minimum atomic E-state index is -0.775. The zero-order chi connectivity index (χ0) is 14.4. The van der Waals surface area contributed by atoms with Crippen LogP contribution in [0, 0.1) is 6.92 Å². The van der Waals surface area contributed by atoms with E-state index >= 15 is 0 Å². The molecule has 0 aliphatic rings. The second-order valence-electron chi connectivity index (χ2n) is 4.02. The monoisotopic (exact) mass is 284 g/mol. The molecule has 0 spiro atoms. The average molecular weight is 285 g/mol. The summed E-state index contributed by atoms with van der Waals surface area (Å²) in [5.41, 5.74) is 0.857. The first kappa shape index (κ1) is 15.3. The highest BCUT2D eigenvalue weighted by atomic mass is 35.5. The Morgan fingerprint density at radius 1 is 1.42 bits per heavy atom. The van der Waals surface area contributed by atoms with Crippen molar-refractivity contribution in [2.45, 2.75) is 26.9 Å². The summed E-state index contributed by atoms with van der Waals surface area (Å²) in [6.07, 6.45) is -0.775. The van der Waals surface area contributed by atoms with Crippen LogP contribution in [0.1, 0.15) is 19.4 Å². The van der Waals surface area contributed by atoms with Gasteiger partial charge in [-0.15, -0.1) is 0 Å². The fourth-order valence-electron chi connectivity index (χ4n) is 1.37. The van der Waals surface area contributed by atoms with Gasteiger partial charge in [-0.3, -0.25) is 10.1 Å². The Kier molecular flexibility index (Phi) is 5.63. The number of imide groups is 1. The van der Waals surface area contributed by atoms with Gasteiger partial charge in [0.15, 0.2) is 6.10 Å². The van der Waals surface area contributed by atoms with E-state index in [-0.39, 0.29) is 0 Å². The van der Waals surface area contributed by atoms with Crippen molar-refractivity contribution in [3.05, 3.63) is 28.8 Å². The van der Waals surface area contributed by atoms with Crippen LogP contribution in [0.25, 0.3) is 0 Å². The number of hydrogen-bond acceptors (Lipinski definition) is 3. The number of carbonyl (C=O) groups excluding carboxylic acids is 2. The molecule has 5 nitrogen and oxygen atoms in total. The van der Waals surface area contributed by atoms with E-state index < -0.39 is 18.0 Å². The highest BCUT2D eigenvalue weighted by molar-refractivity contribution is 6.31. The molecule has 0 aliphatic heterocycles. The third-order valence-electron chi connectivity index (χ3n) is 2.39. The van der Waals surface area contributed by atoms with E-state index in [1.807, 2.05) is 6.92 Å². The minimum Gasteiger partial charge on any atom is -0.481 e. The van der Waals surface area contributed by atoms with Crippen LogP contribution in [0.4, 0.5) is 4.79 Å². The molecule has 1 rings (SSSR count). The molecule has 2 N–H and O–H groups in total. The largest absolute Gasteiger partial charge is 0.481 e. The van der Waals surface area contributed by atoms with Crippen LogP contribution >= 0.6 is 11.6 Å². The van der Waals surface area contributed by atoms with Crippen LogP contribution in [0.5, 0.6) is 5.75 Å². The molecule has 1 aromatic carbocycles. The number of amides is 3. The number of carbonyl (C=O) groups is 2. The molecule has 0 aliphatic carbocycles. The van der Waals surface area contributed by atoms with E-state index in [9.17, 15) is 9.59 Å². The van der Waals surface area contributed by atoms with Gasteiger partial charge in [0, 0.05) is 11.6 Å². The number of urea groups is 1. The summed E-state index contributed by atoms with van der Waals surface area (Å²) in [6, 6.07) is 4.57. The molecule has 6 heteroatoms. The van der Waals surface area contributed by atoms with E-state index in [1.165, 1.54) is 0 Å². The lowest BCUT2D eigenvalue weighted by Crippen LogP contribution is -2.45. The molecule has 1 unspecified atom stereocenters. The first-order valence-corrected chi connectivity index (χ1v) is 6.33. The fraction of sp³-hybridized carbons (Fsp3) is 0.385. The zero-order valence-corrected chi connectivity index (χ0v) is 11.9. The molecule has 0 saturated heterocycles. The van der Waals surface area contributed by atoms with Gasteiger partial charge in [-0.25, -0.2) is 4.79 Å². The number of nitrogens with one attached hydrogen (secondary N) is 2. The van der Waals surface area contributed by atoms with Gasteiger partial charge in [-0.1, -0.05) is 11.6 Å². The maximum absolute atomic E-state index is 11.7. The topological polar surface area (TPSA) is 67.4 Å². The van der Waals surface area contributed by atoms with Crippen molar-refractivity contribution >= 4 is 23.5 Å². The Labute approximate surface area is 117 Å². The minimum absolute atomic E-state index is 0.449. The predicted molar refractivity (Wildman–Crippen MR) is 73.5 cm³/mol. The molecule has 0 fully saturated rings. The Bertz CT molecular complexity index is 477. The Morgan fingerprint density at radius 2 is 2.11 bits per heavy atom. The Hall–Kier alpha value is -1.75. The molecule has 0 heterocycles. The van der Waals surface area contributed by atoms with Gasteiger partial charge >= 0.3 is 6.03 Å². The number of halogens is 1. The molecule has 1 aromatic rings. The molecule has 19 heavy (non-hydrogen) atoms. The lowest BCUT2D eigenvalue weighted by Gasteiger charge is -2.14. The first-order chi connectivity index (χ1) is 8.93. The van der Waals surface area contributed by atoms with E-state index in [4.69, 9.17) is 16.3 Å². The number of hydrogen-bond donors (Lipinski definition) is 2. The molecule has 1 atom stereocenters. The third kappa shape index (κ3) is 4.79. The van der Waals surface area contributed by atoms with Crippen LogP contribution in [-0.2, 0) is 4.79 Å². The second-order valence-corrected chi connectivity index (χ2v) is 4.43. The summed E-state index contributed by atoms with van der Waals surface area (Å²) >= 11 is 5.90. The van der Waals surface area contributed by atoms with Gasteiger partial charge < -0.3 is 10.1 Å². The van der Waals surface area contributed by atoms with Crippen molar-refractivity contribution < 1.29 is 14.3 Å². The lowest BCUT2D eigenvalue weighted by atomic mass is 10.2. The molecule has 0 saturated carbocycles. The summed E-state index contributed by atoms with van der Waals surface area (Å²) in [7, 11) is 0. The SMILES string of the molecule is CCNC(=O)NC(=O)C(C)Oc1ccc(Cl)c(C)c1. The normalized spacial score (nSPS) is 11.6. The van der Waals surface area contributed by atoms with Crippen LogP contribution in [0.3, 0.4) is 0 Å². The van der Waals surface area contributed by atoms with Gasteiger partial charge in [-0.2, -0.15) is 0 Å². The summed E-state index contributed by atoms with van der Waals surface area (Å²) in [6.45, 7) is 5.62. The predicted octanol–water partition coefficient (Wildman–Crippen LogP) is 2.26. The van der Waals surface area contributed by atoms with Crippen molar-refractivity contribution in [2.75, 3.05) is 6.54 Å². The van der Waals surface area contributed by atoms with E-state index in [0.717, 1.165) is 5.56 Å². The molecule has 0 aromatic heterocycles. The molecular formula is C13H17ClN2O3. The maximum Gasteiger partial charge on any atom is 0.321 e. The van der Waals surface area contributed by atoms with Crippen LogP contribution in [0.2, 0.25) is 5.02 Å². The third-order valence-corrected chi connectivity index (χ3v) is 2.81. The van der Waals surface area contributed by atoms with Crippen LogP contribution in [0.15, 0.2) is 18.2 Å². The maximum atomic E-state index is 11.7. The van der Waals surface area contributed by atoms with E-state index in [2.05, 4.69) is 10.6 Å². The smallest absolute Gasteiger partial charge is 0.321 e. The van der Waals surface area contributed by atoms with Crippen LogP contribution in [-0.4, -0.2) is 24.6 Å². The Balaban J connectivity index is 2.58. The lowest BCUT2D eigenvalue weighted by molar-refractivity contribution is -0.126. The first-order valence-electron chi connectivity index (χ1n) is 5.95. The van der Waals surface area contributed by atoms with E-state index in [1.54, 1.807) is 32.0 Å². The van der Waals surface area contributed by atoms with Crippen molar-refractivity contribution in [3.8, 4) is 5.75 Å². The molecular weight excluding hydrogens is 268 g/mol. The number of ether oxygens (including phenoxy) is 1. The van der Waals surface area contributed by atoms with Gasteiger partial charge in [0.25, 0.3) is 5.91 Å². The summed E-state index contributed by atoms with van der Waals surface area (Å²) in [5, 5.41) is 5.29. The molecule has 104 valence electrons. The van der Waals surface area contributed by atoms with Crippen molar-refractivity contribution in [1.29, 1.82) is 0 Å². The van der Waals surface area contributed by atoms with E-state index in [0.29, 0.717) is 17.3 Å². The molecule has 3 amide bonds. The number of aryl methyl sites for hydroxylation is 1. The number of rotatable bonds is 4. The Morgan fingerprint density at radius 3 is 2.68 bits per heavy atom. The summed E-state index contributed by atoms with van der Waals surface area (Å²) in [5.74, 6) is 0.0269. The highest BCUT2D eigenvalue weighted by Gasteiger charge is 2.17. The standard InChI is InChI=1S/C13H17ClN2O3/c1-4-15-13(18)16-12(17)9(3)19-10-5-6-11(14)8(2)7-10/h5-7,9H,4H2,1-3H3,(H2,15,16,17,18). The molecule has 0 bridgehead atoms. The van der Waals surface area contributed by atoms with Gasteiger partial charge in [0.05, 0.1) is 0 Å². The molecule has 0 radical (unpaired) electrons.